The van der Waals surface area contributed by atoms with Crippen LogP contribution in [0.2, 0.25) is 0 Å². The highest BCUT2D eigenvalue weighted by molar-refractivity contribution is 7.11. The zero-order chi connectivity index (χ0) is 14.1. The van der Waals surface area contributed by atoms with Gasteiger partial charge in [-0.15, -0.1) is 11.3 Å². The molecule has 106 valence electrons. The quantitative estimate of drug-likeness (QED) is 0.281. The predicted molar refractivity (Wildman–Crippen MR) is 78.7 cm³/mol. The fourth-order valence-corrected chi connectivity index (χ4v) is 2.30. The molecule has 0 saturated carbocycles. The highest BCUT2D eigenvalue weighted by Gasteiger charge is 2.20. The number of rotatable bonds is 8. The lowest BCUT2D eigenvalue weighted by atomic mass is 10.1. The number of aliphatic imine (C=N–C) groups is 1. The molecule has 0 unspecified atom stereocenters. The summed E-state index contributed by atoms with van der Waals surface area (Å²) in [7, 11) is 1.63. The highest BCUT2D eigenvalue weighted by Crippen LogP contribution is 2.10. The first-order chi connectivity index (χ1) is 9.19. The summed E-state index contributed by atoms with van der Waals surface area (Å²) in [5.74, 6) is 0.486. The van der Waals surface area contributed by atoms with Crippen molar-refractivity contribution in [2.45, 2.75) is 25.8 Å². The lowest BCUT2D eigenvalue weighted by Crippen LogP contribution is -2.38. The van der Waals surface area contributed by atoms with E-state index >= 15 is 0 Å². The van der Waals surface area contributed by atoms with Crippen LogP contribution in [0.25, 0.3) is 0 Å². The predicted octanol–water partition coefficient (Wildman–Crippen LogP) is 0.618. The molecular formula is C12H21N5OS. The molecule has 0 aliphatic carbocycles. The van der Waals surface area contributed by atoms with Crippen LogP contribution in [0.1, 0.15) is 29.6 Å². The Bertz CT molecular complexity index is 404. The summed E-state index contributed by atoms with van der Waals surface area (Å²) < 4.78 is 0. The fourth-order valence-electron chi connectivity index (χ4n) is 1.67. The molecule has 1 heterocycles. The number of guanidine groups is 1. The van der Waals surface area contributed by atoms with Crippen LogP contribution in [-0.2, 0) is 0 Å². The number of nitrogens with zero attached hydrogens (tertiary/aromatic N) is 2. The number of hydrogen-bond acceptors (Lipinski definition) is 5. The first kappa shape index (κ1) is 15.6. The summed E-state index contributed by atoms with van der Waals surface area (Å²) in [6.45, 7) is 3.45. The largest absolute Gasteiger partial charge is 0.370 e. The molecule has 0 saturated heterocycles. The molecule has 0 aliphatic heterocycles. The van der Waals surface area contributed by atoms with E-state index in [2.05, 4.69) is 20.6 Å². The molecular weight excluding hydrogens is 262 g/mol. The van der Waals surface area contributed by atoms with Crippen molar-refractivity contribution in [2.75, 3.05) is 20.1 Å². The van der Waals surface area contributed by atoms with Gasteiger partial charge in [-0.3, -0.25) is 9.79 Å². The highest BCUT2D eigenvalue weighted by atomic mass is 32.1. The van der Waals surface area contributed by atoms with Crippen LogP contribution in [0, 0.1) is 0 Å². The maximum absolute atomic E-state index is 12.2. The zero-order valence-corrected chi connectivity index (χ0v) is 12.2. The van der Waals surface area contributed by atoms with Gasteiger partial charge in [-0.2, -0.15) is 0 Å². The second kappa shape index (κ2) is 8.60. The Morgan fingerprint density at radius 1 is 1.63 bits per heavy atom. The van der Waals surface area contributed by atoms with Crippen molar-refractivity contribution in [3.8, 4) is 0 Å². The summed E-state index contributed by atoms with van der Waals surface area (Å²) in [5, 5.41) is 8.56. The van der Waals surface area contributed by atoms with E-state index in [0.717, 1.165) is 19.4 Å². The number of carbonyl (C=O) groups is 1. The van der Waals surface area contributed by atoms with Gasteiger partial charge >= 0.3 is 0 Å². The van der Waals surface area contributed by atoms with Crippen molar-refractivity contribution in [1.29, 1.82) is 0 Å². The molecule has 0 bridgehead atoms. The summed E-state index contributed by atoms with van der Waals surface area (Å²) in [5.41, 5.74) is 5.53. The number of nitrogens with two attached hydrogens (primary N) is 1. The number of nitrogens with one attached hydrogen (secondary N) is 2. The van der Waals surface area contributed by atoms with E-state index in [-0.39, 0.29) is 11.8 Å². The Morgan fingerprint density at radius 3 is 3.00 bits per heavy atom. The molecule has 4 N–H and O–H groups in total. The molecule has 0 amide bonds. The molecule has 0 aliphatic rings. The molecule has 0 fully saturated rings. The molecule has 1 rings (SSSR count). The molecule has 1 aromatic heterocycles. The average Bonchev–Trinajstić information content (AvgIpc) is 2.95. The summed E-state index contributed by atoms with van der Waals surface area (Å²) in [6.07, 6.45) is 3.24. The summed E-state index contributed by atoms with van der Waals surface area (Å²) >= 11 is 1.38. The molecule has 6 nitrogen and oxygen atoms in total. The van der Waals surface area contributed by atoms with Gasteiger partial charge in [0.1, 0.15) is 0 Å². The number of ketones is 1. The van der Waals surface area contributed by atoms with Crippen LogP contribution in [0.15, 0.2) is 16.6 Å². The fraction of sp³-hybridized carbons (Fsp3) is 0.583. The number of aromatic nitrogens is 1. The van der Waals surface area contributed by atoms with Crippen molar-refractivity contribution in [1.82, 2.24) is 15.6 Å². The maximum Gasteiger partial charge on any atom is 0.208 e. The van der Waals surface area contributed by atoms with E-state index in [1.54, 1.807) is 13.2 Å². The van der Waals surface area contributed by atoms with Crippen LogP contribution in [-0.4, -0.2) is 42.9 Å². The Labute approximate surface area is 117 Å². The Kier molecular flexibility index (Phi) is 7.06. The van der Waals surface area contributed by atoms with E-state index in [0.29, 0.717) is 17.5 Å². The second-order valence-corrected chi connectivity index (χ2v) is 4.88. The Morgan fingerprint density at radius 2 is 2.42 bits per heavy atom. The van der Waals surface area contributed by atoms with E-state index in [9.17, 15) is 4.79 Å². The molecule has 0 aromatic carbocycles. The van der Waals surface area contributed by atoms with Gasteiger partial charge < -0.3 is 16.4 Å². The molecule has 1 aromatic rings. The molecule has 1 atom stereocenters. The van der Waals surface area contributed by atoms with Gasteiger partial charge in [0.2, 0.25) is 5.78 Å². The summed E-state index contributed by atoms with van der Waals surface area (Å²) in [4.78, 5) is 20.1. The van der Waals surface area contributed by atoms with Gasteiger partial charge in [-0.05, 0) is 19.4 Å². The third-order valence-corrected chi connectivity index (χ3v) is 3.41. The lowest BCUT2D eigenvalue weighted by molar-refractivity contribution is 0.0937. The van der Waals surface area contributed by atoms with Crippen molar-refractivity contribution >= 4 is 23.1 Å². The van der Waals surface area contributed by atoms with Gasteiger partial charge in [0.15, 0.2) is 11.0 Å². The van der Waals surface area contributed by atoms with E-state index in [4.69, 9.17) is 5.73 Å². The van der Waals surface area contributed by atoms with Gasteiger partial charge in [-0.25, -0.2) is 4.98 Å². The third kappa shape index (κ3) is 5.35. The minimum atomic E-state index is -0.183. The van der Waals surface area contributed by atoms with Crippen LogP contribution in [0.4, 0.5) is 0 Å². The number of likely N-dealkylation sites (N-methyl/N-ethyl adjacent to an activating group) is 1. The number of hydrogen-bond donors (Lipinski definition) is 3. The van der Waals surface area contributed by atoms with Crippen LogP contribution in [0.5, 0.6) is 0 Å². The van der Waals surface area contributed by atoms with Crippen molar-refractivity contribution < 1.29 is 4.79 Å². The SMILES string of the molecule is CCN[C@@H](CCCNC(N)=NC)C(=O)c1nccs1. The molecule has 0 radical (unpaired) electrons. The van der Waals surface area contributed by atoms with Crippen LogP contribution in [0.3, 0.4) is 0 Å². The molecule has 0 spiro atoms. The van der Waals surface area contributed by atoms with Crippen molar-refractivity contribution in [3.63, 3.8) is 0 Å². The average molecular weight is 283 g/mol. The van der Waals surface area contributed by atoms with Crippen molar-refractivity contribution in [2.24, 2.45) is 10.7 Å². The number of carbonyl (C=O) groups excluding carboxylic acids is 1. The van der Waals surface area contributed by atoms with Crippen LogP contribution >= 0.6 is 11.3 Å². The smallest absolute Gasteiger partial charge is 0.208 e. The second-order valence-electron chi connectivity index (χ2n) is 3.99. The standard InChI is InChI=1S/C12H21N5OS/c1-3-15-9(5-4-6-17-12(13)14-2)10(18)11-16-7-8-19-11/h7-9,15H,3-6H2,1-2H3,(H3,13,14,17)/t9-/m0/s1. The molecule has 7 heteroatoms. The van der Waals surface area contributed by atoms with Gasteiger partial charge in [-0.1, -0.05) is 6.92 Å². The number of Topliss-reactive ketones (excluding diaryl/α,β-unsaturated/α-hetero) is 1. The Balaban J connectivity index is 2.42. The van der Waals surface area contributed by atoms with Gasteiger partial charge in [0.25, 0.3) is 0 Å². The van der Waals surface area contributed by atoms with E-state index < -0.39 is 0 Å². The van der Waals surface area contributed by atoms with E-state index in [1.165, 1.54) is 11.3 Å². The number of thiazole rings is 1. The maximum atomic E-state index is 12.2. The van der Waals surface area contributed by atoms with Crippen molar-refractivity contribution in [3.05, 3.63) is 16.6 Å². The Hall–Kier alpha value is -1.47. The minimum Gasteiger partial charge on any atom is -0.370 e. The topological polar surface area (TPSA) is 92.4 Å². The molecule has 19 heavy (non-hydrogen) atoms. The normalized spacial score (nSPS) is 13.3. The van der Waals surface area contributed by atoms with E-state index in [1.807, 2.05) is 12.3 Å². The minimum absolute atomic E-state index is 0.0639. The first-order valence-corrected chi connectivity index (χ1v) is 7.20. The third-order valence-electron chi connectivity index (χ3n) is 2.63. The van der Waals surface area contributed by atoms with Gasteiger partial charge in [0.05, 0.1) is 6.04 Å². The summed E-state index contributed by atoms with van der Waals surface area (Å²) in [6, 6.07) is -0.183. The first-order valence-electron chi connectivity index (χ1n) is 6.32. The monoisotopic (exact) mass is 283 g/mol. The zero-order valence-electron chi connectivity index (χ0n) is 11.3. The van der Waals surface area contributed by atoms with Crippen LogP contribution < -0.4 is 16.4 Å². The lowest BCUT2D eigenvalue weighted by Gasteiger charge is -2.15. The van der Waals surface area contributed by atoms with Gasteiger partial charge in [0, 0.05) is 25.2 Å².